The number of aliphatic imine (C=N–C) groups is 1. The second-order valence-corrected chi connectivity index (χ2v) is 9.15. The third kappa shape index (κ3) is 5.05. The molecule has 1 N–H and O–H groups in total. The molecule has 2 aliphatic heterocycles. The van der Waals surface area contributed by atoms with E-state index < -0.39 is 6.04 Å². The standard InChI is InChI=1S/C26H33N5O3/c1-16(2)24(30-26-28-22(33-4)14-23(29-26)34-5)25(32)31-12-6-7-21(31)20-13-19(15-27-20)18-10-8-17(3)9-11-18/h8-11,14-16,21,24H,6-7,12-13H2,1-5H3,(H,28,29,30)/t21-,24-/m0/s1. The van der Waals surface area contributed by atoms with E-state index >= 15 is 0 Å². The number of carbonyl (C=O) groups excluding carboxylic acids is 1. The fourth-order valence-electron chi connectivity index (χ4n) is 4.48. The molecule has 2 atom stereocenters. The number of hydrogen-bond acceptors (Lipinski definition) is 7. The lowest BCUT2D eigenvalue weighted by Crippen LogP contribution is -2.49. The summed E-state index contributed by atoms with van der Waals surface area (Å²) in [5, 5.41) is 3.23. The summed E-state index contributed by atoms with van der Waals surface area (Å²) in [6, 6.07) is 9.64. The molecule has 0 unspecified atom stereocenters. The number of methoxy groups -OCH3 is 2. The Morgan fingerprint density at radius 1 is 1.12 bits per heavy atom. The van der Waals surface area contributed by atoms with E-state index in [1.807, 2.05) is 24.9 Å². The molecule has 0 saturated carbocycles. The highest BCUT2D eigenvalue weighted by Crippen LogP contribution is 2.31. The molecule has 0 aliphatic carbocycles. The molecule has 0 radical (unpaired) electrons. The van der Waals surface area contributed by atoms with Crippen molar-refractivity contribution in [2.45, 2.75) is 52.1 Å². The van der Waals surface area contributed by atoms with Crippen LogP contribution in [0.15, 0.2) is 41.5 Å². The maximum absolute atomic E-state index is 13.7. The van der Waals surface area contributed by atoms with Gasteiger partial charge in [0.1, 0.15) is 6.04 Å². The van der Waals surface area contributed by atoms with E-state index in [-0.39, 0.29) is 17.9 Å². The fraction of sp³-hybridized carbons (Fsp3) is 0.462. The Balaban J connectivity index is 1.49. The van der Waals surface area contributed by atoms with E-state index in [4.69, 9.17) is 14.5 Å². The predicted octanol–water partition coefficient (Wildman–Crippen LogP) is 4.12. The van der Waals surface area contributed by atoms with Crippen molar-refractivity contribution in [1.29, 1.82) is 0 Å². The molecule has 0 bridgehead atoms. The summed E-state index contributed by atoms with van der Waals surface area (Å²) in [5.74, 6) is 1.12. The maximum atomic E-state index is 13.7. The first-order valence-electron chi connectivity index (χ1n) is 11.8. The lowest BCUT2D eigenvalue weighted by molar-refractivity contribution is -0.132. The van der Waals surface area contributed by atoms with Gasteiger partial charge in [0.2, 0.25) is 23.6 Å². The zero-order chi connectivity index (χ0) is 24.2. The zero-order valence-corrected chi connectivity index (χ0v) is 20.5. The first kappa shape index (κ1) is 23.7. The van der Waals surface area contributed by atoms with E-state index in [1.165, 1.54) is 30.9 Å². The summed E-state index contributed by atoms with van der Waals surface area (Å²) in [4.78, 5) is 29.1. The molecule has 34 heavy (non-hydrogen) atoms. The molecule has 180 valence electrons. The highest BCUT2D eigenvalue weighted by molar-refractivity contribution is 6.03. The molecule has 8 nitrogen and oxygen atoms in total. The molecule has 3 heterocycles. The van der Waals surface area contributed by atoms with Crippen molar-refractivity contribution >= 4 is 23.1 Å². The average molecular weight is 464 g/mol. The average Bonchev–Trinajstić information content (AvgIpc) is 3.52. The van der Waals surface area contributed by atoms with Crippen molar-refractivity contribution < 1.29 is 14.3 Å². The van der Waals surface area contributed by atoms with E-state index in [9.17, 15) is 4.79 Å². The van der Waals surface area contributed by atoms with Gasteiger partial charge in [-0.25, -0.2) is 0 Å². The minimum atomic E-state index is -0.482. The van der Waals surface area contributed by atoms with Crippen LogP contribution in [0.25, 0.3) is 5.57 Å². The van der Waals surface area contributed by atoms with Crippen molar-refractivity contribution in [3.63, 3.8) is 0 Å². The Bertz CT molecular complexity index is 1070. The number of rotatable bonds is 8. The van der Waals surface area contributed by atoms with Gasteiger partial charge in [0.15, 0.2) is 0 Å². The lowest BCUT2D eigenvalue weighted by Gasteiger charge is -2.31. The van der Waals surface area contributed by atoms with Crippen molar-refractivity contribution in [2.24, 2.45) is 10.9 Å². The van der Waals surface area contributed by atoms with Crippen LogP contribution in [0.4, 0.5) is 5.95 Å². The highest BCUT2D eigenvalue weighted by atomic mass is 16.5. The number of aromatic nitrogens is 2. The van der Waals surface area contributed by atoms with Crippen LogP contribution in [0.1, 0.15) is 44.2 Å². The number of hydrogen-bond donors (Lipinski definition) is 1. The number of nitrogens with one attached hydrogen (secondary N) is 1. The van der Waals surface area contributed by atoms with Gasteiger partial charge >= 0.3 is 0 Å². The third-order valence-electron chi connectivity index (χ3n) is 6.42. The summed E-state index contributed by atoms with van der Waals surface area (Å²) in [5.41, 5.74) is 4.68. The number of carbonyl (C=O) groups is 1. The Kier molecular flexibility index (Phi) is 7.14. The van der Waals surface area contributed by atoms with Crippen LogP contribution in [0.2, 0.25) is 0 Å². The highest BCUT2D eigenvalue weighted by Gasteiger charge is 2.38. The van der Waals surface area contributed by atoms with Gasteiger partial charge in [0, 0.05) is 24.9 Å². The third-order valence-corrected chi connectivity index (χ3v) is 6.42. The summed E-state index contributed by atoms with van der Waals surface area (Å²) in [6.07, 6.45) is 4.61. The Morgan fingerprint density at radius 2 is 1.79 bits per heavy atom. The van der Waals surface area contributed by atoms with Gasteiger partial charge in [-0.1, -0.05) is 43.7 Å². The first-order valence-corrected chi connectivity index (χ1v) is 11.8. The van der Waals surface area contributed by atoms with E-state index in [2.05, 4.69) is 46.5 Å². The Labute approximate surface area is 201 Å². The molecule has 1 fully saturated rings. The van der Waals surface area contributed by atoms with E-state index in [0.717, 1.165) is 31.5 Å². The molecule has 4 rings (SSSR count). The van der Waals surface area contributed by atoms with Crippen molar-refractivity contribution in [3.05, 3.63) is 47.7 Å². The number of anilines is 1. The summed E-state index contributed by atoms with van der Waals surface area (Å²) < 4.78 is 10.5. The number of allylic oxidation sites excluding steroid dienone is 1. The van der Waals surface area contributed by atoms with Crippen molar-refractivity contribution in [2.75, 3.05) is 26.1 Å². The maximum Gasteiger partial charge on any atom is 0.245 e. The SMILES string of the molecule is COc1cc(OC)nc(N[C@H](C(=O)N2CCC[C@H]2C2=NC=C(c3ccc(C)cc3)C2)C(C)C)n1. The molecule has 8 heteroatoms. The zero-order valence-electron chi connectivity index (χ0n) is 20.5. The topological polar surface area (TPSA) is 88.9 Å². The monoisotopic (exact) mass is 463 g/mol. The number of amides is 1. The summed E-state index contributed by atoms with van der Waals surface area (Å²) >= 11 is 0. The van der Waals surface area contributed by atoms with Crippen LogP contribution < -0.4 is 14.8 Å². The molecule has 2 aliphatic rings. The van der Waals surface area contributed by atoms with Crippen LogP contribution in [-0.2, 0) is 4.79 Å². The summed E-state index contributed by atoms with van der Waals surface area (Å²) in [6.45, 7) is 6.84. The van der Waals surface area contributed by atoms with Crippen molar-refractivity contribution in [3.8, 4) is 11.8 Å². The first-order chi connectivity index (χ1) is 16.4. The van der Waals surface area contributed by atoms with Gasteiger partial charge in [-0.3, -0.25) is 9.79 Å². The van der Waals surface area contributed by atoms with Gasteiger partial charge in [0.05, 0.1) is 26.3 Å². The smallest absolute Gasteiger partial charge is 0.245 e. The van der Waals surface area contributed by atoms with Gasteiger partial charge in [-0.2, -0.15) is 9.97 Å². The number of benzene rings is 1. The lowest BCUT2D eigenvalue weighted by atomic mass is 9.97. The molecule has 2 aromatic rings. The largest absolute Gasteiger partial charge is 0.481 e. The van der Waals surface area contributed by atoms with Crippen LogP contribution in [0.3, 0.4) is 0 Å². The van der Waals surface area contributed by atoms with E-state index in [0.29, 0.717) is 17.7 Å². The summed E-state index contributed by atoms with van der Waals surface area (Å²) in [7, 11) is 3.07. The van der Waals surface area contributed by atoms with E-state index in [1.54, 1.807) is 6.07 Å². The molecule has 1 aromatic carbocycles. The quantitative estimate of drug-likeness (QED) is 0.634. The molecule has 1 aromatic heterocycles. The Morgan fingerprint density at radius 3 is 2.41 bits per heavy atom. The second-order valence-electron chi connectivity index (χ2n) is 9.15. The van der Waals surface area contributed by atoms with Crippen molar-refractivity contribution in [1.82, 2.24) is 14.9 Å². The minimum absolute atomic E-state index is 0.00973. The van der Waals surface area contributed by atoms with Gasteiger partial charge in [-0.15, -0.1) is 0 Å². The van der Waals surface area contributed by atoms with Gasteiger partial charge in [-0.05, 0) is 36.8 Å². The van der Waals surface area contributed by atoms with Crippen LogP contribution >= 0.6 is 0 Å². The molecular weight excluding hydrogens is 430 g/mol. The number of ether oxygens (including phenoxy) is 2. The van der Waals surface area contributed by atoms with Gasteiger partial charge in [0.25, 0.3) is 0 Å². The molecule has 1 amide bonds. The predicted molar refractivity (Wildman–Crippen MR) is 133 cm³/mol. The van der Waals surface area contributed by atoms with Crippen LogP contribution in [0.5, 0.6) is 11.8 Å². The van der Waals surface area contributed by atoms with Crippen LogP contribution in [-0.4, -0.2) is 59.3 Å². The second kappa shape index (κ2) is 10.2. The Hall–Kier alpha value is -3.42. The molecule has 0 spiro atoms. The minimum Gasteiger partial charge on any atom is -0.481 e. The molecule has 1 saturated heterocycles. The molecular formula is C26H33N5O3. The number of likely N-dealkylation sites (tertiary alicyclic amines) is 1. The fourth-order valence-corrected chi connectivity index (χ4v) is 4.48. The number of aryl methyl sites for hydroxylation is 1. The van der Waals surface area contributed by atoms with Crippen LogP contribution in [0, 0.1) is 12.8 Å². The number of nitrogens with zero attached hydrogens (tertiary/aromatic N) is 4. The normalized spacial score (nSPS) is 18.5. The van der Waals surface area contributed by atoms with Gasteiger partial charge < -0.3 is 19.7 Å².